The van der Waals surface area contributed by atoms with Crippen molar-refractivity contribution in [2.75, 3.05) is 5.32 Å². The van der Waals surface area contributed by atoms with Crippen LogP contribution in [0.1, 0.15) is 24.5 Å². The van der Waals surface area contributed by atoms with Crippen LogP contribution in [0.3, 0.4) is 0 Å². The average molecular weight is 345 g/mol. The van der Waals surface area contributed by atoms with Crippen LogP contribution in [0.5, 0.6) is 0 Å². The summed E-state index contributed by atoms with van der Waals surface area (Å²) in [5.41, 5.74) is 1.78. The molecule has 2 aromatic rings. The third-order valence-corrected chi connectivity index (χ3v) is 3.74. The van der Waals surface area contributed by atoms with Crippen molar-refractivity contribution in [3.05, 3.63) is 42.1 Å². The molecule has 7 heteroatoms. The van der Waals surface area contributed by atoms with E-state index in [-0.39, 0.29) is 0 Å². The number of carbonyl (C=O) groups excluding carboxylic acids is 1. The second-order valence-electron chi connectivity index (χ2n) is 4.93. The van der Waals surface area contributed by atoms with Gasteiger partial charge in [0.2, 0.25) is 0 Å². The van der Waals surface area contributed by atoms with Crippen LogP contribution < -0.4 is 5.32 Å². The number of nitrogens with zero attached hydrogens (tertiary/aromatic N) is 2. The molecular weight excluding hydrogens is 333 g/mol. The largest absolute Gasteiger partial charge is 0.307 e. The van der Waals surface area contributed by atoms with E-state index < -0.39 is 9.70 Å². The number of nitrogens with one attached hydrogen (secondary N) is 1. The molecule has 0 radical (unpaired) electrons. The first kappa shape index (κ1) is 14.7. The highest BCUT2D eigenvalue weighted by atomic mass is 35.6. The van der Waals surface area contributed by atoms with Gasteiger partial charge in [-0.05, 0) is 25.0 Å². The Kier molecular flexibility index (Phi) is 3.86. The summed E-state index contributed by atoms with van der Waals surface area (Å²) in [6, 6.07) is 11.3. The summed E-state index contributed by atoms with van der Waals surface area (Å²) in [5.74, 6) is 0.254. The predicted octanol–water partition coefficient (Wildman–Crippen LogP) is 4.06. The van der Waals surface area contributed by atoms with Crippen LogP contribution in [0.2, 0.25) is 0 Å². The average Bonchev–Trinajstić information content (AvgIpc) is 3.20. The number of aromatic nitrogens is 2. The highest BCUT2D eigenvalue weighted by Crippen LogP contribution is 2.40. The van der Waals surface area contributed by atoms with Crippen molar-refractivity contribution in [1.29, 1.82) is 0 Å². The Morgan fingerprint density at radius 1 is 1.24 bits per heavy atom. The van der Waals surface area contributed by atoms with E-state index in [1.165, 1.54) is 0 Å². The summed E-state index contributed by atoms with van der Waals surface area (Å²) in [6.45, 7) is 0. The first-order valence-electron chi connectivity index (χ1n) is 6.49. The van der Waals surface area contributed by atoms with Crippen molar-refractivity contribution in [2.45, 2.75) is 22.6 Å². The van der Waals surface area contributed by atoms with Crippen LogP contribution in [0.25, 0.3) is 5.69 Å². The van der Waals surface area contributed by atoms with Crippen LogP contribution in [-0.4, -0.2) is 19.5 Å². The lowest BCUT2D eigenvalue weighted by atomic mass is 10.3. The lowest BCUT2D eigenvalue weighted by molar-refractivity contribution is -0.115. The molecule has 1 aliphatic rings. The van der Waals surface area contributed by atoms with Gasteiger partial charge in [0, 0.05) is 12.0 Å². The minimum atomic E-state index is -2.01. The van der Waals surface area contributed by atoms with Gasteiger partial charge in [-0.1, -0.05) is 53.0 Å². The standard InChI is InChI=1S/C14H12Cl3N3O/c15-14(16,17)13(21)18-12-8-11(9-6-7-9)19-20(12)10-4-2-1-3-5-10/h1-5,8-9H,6-7H2,(H,18,21). The molecular formula is C14H12Cl3N3O. The summed E-state index contributed by atoms with van der Waals surface area (Å²) < 4.78 is -0.354. The van der Waals surface area contributed by atoms with Crippen LogP contribution in [0.15, 0.2) is 36.4 Å². The molecule has 1 heterocycles. The topological polar surface area (TPSA) is 46.9 Å². The molecule has 0 unspecified atom stereocenters. The van der Waals surface area contributed by atoms with Crippen molar-refractivity contribution < 1.29 is 4.79 Å². The van der Waals surface area contributed by atoms with Gasteiger partial charge in [0.15, 0.2) is 0 Å². The molecule has 1 N–H and O–H groups in total. The van der Waals surface area contributed by atoms with Crippen LogP contribution in [0.4, 0.5) is 5.82 Å². The Morgan fingerprint density at radius 3 is 2.48 bits per heavy atom. The summed E-state index contributed by atoms with van der Waals surface area (Å²) in [5, 5.41) is 7.17. The van der Waals surface area contributed by atoms with Crippen molar-refractivity contribution in [3.63, 3.8) is 0 Å². The number of anilines is 1. The molecule has 3 rings (SSSR count). The number of hydrogen-bond acceptors (Lipinski definition) is 2. The Labute approximate surface area is 137 Å². The summed E-state index contributed by atoms with van der Waals surface area (Å²) >= 11 is 16.8. The van der Waals surface area contributed by atoms with Gasteiger partial charge in [-0.25, -0.2) is 4.68 Å². The Morgan fingerprint density at radius 2 is 1.90 bits per heavy atom. The molecule has 0 saturated heterocycles. The Bertz CT molecular complexity index is 660. The molecule has 1 aromatic carbocycles. The van der Waals surface area contributed by atoms with E-state index in [0.717, 1.165) is 24.2 Å². The molecule has 0 bridgehead atoms. The molecule has 1 aliphatic carbocycles. The van der Waals surface area contributed by atoms with Gasteiger partial charge >= 0.3 is 0 Å². The summed E-state index contributed by atoms with van der Waals surface area (Å²) in [6.07, 6.45) is 2.23. The zero-order valence-electron chi connectivity index (χ0n) is 10.9. The molecule has 1 saturated carbocycles. The van der Waals surface area contributed by atoms with E-state index in [1.54, 1.807) is 4.68 Å². The van der Waals surface area contributed by atoms with Gasteiger partial charge in [0.25, 0.3) is 9.70 Å². The molecule has 0 atom stereocenters. The third kappa shape index (κ3) is 3.34. The predicted molar refractivity (Wildman–Crippen MR) is 84.5 cm³/mol. The van der Waals surface area contributed by atoms with Gasteiger partial charge in [-0.3, -0.25) is 4.79 Å². The maximum atomic E-state index is 11.9. The number of alkyl halides is 3. The minimum absolute atomic E-state index is 0.457. The second kappa shape index (κ2) is 5.52. The number of benzene rings is 1. The molecule has 4 nitrogen and oxygen atoms in total. The zero-order chi connectivity index (χ0) is 15.0. The maximum Gasteiger partial charge on any atom is 0.277 e. The van der Waals surface area contributed by atoms with Gasteiger partial charge < -0.3 is 5.32 Å². The first-order valence-corrected chi connectivity index (χ1v) is 7.62. The lowest BCUT2D eigenvalue weighted by Gasteiger charge is -2.12. The number of para-hydroxylation sites is 1. The number of hydrogen-bond donors (Lipinski definition) is 1. The monoisotopic (exact) mass is 343 g/mol. The number of carbonyl (C=O) groups is 1. The summed E-state index contributed by atoms with van der Waals surface area (Å²) in [4.78, 5) is 11.9. The third-order valence-electron chi connectivity index (χ3n) is 3.22. The van der Waals surface area contributed by atoms with Crippen LogP contribution in [0, 0.1) is 0 Å². The molecule has 1 fully saturated rings. The normalized spacial score (nSPS) is 15.0. The molecule has 21 heavy (non-hydrogen) atoms. The number of halogens is 3. The number of rotatable bonds is 3. The highest BCUT2D eigenvalue weighted by Gasteiger charge is 2.33. The van der Waals surface area contributed by atoms with Crippen LogP contribution in [-0.2, 0) is 4.79 Å². The van der Waals surface area contributed by atoms with E-state index in [9.17, 15) is 4.79 Å². The summed E-state index contributed by atoms with van der Waals surface area (Å²) in [7, 11) is 0. The van der Waals surface area contributed by atoms with Gasteiger partial charge in [0.1, 0.15) is 5.82 Å². The van der Waals surface area contributed by atoms with E-state index in [4.69, 9.17) is 34.8 Å². The SMILES string of the molecule is O=C(Nc1cc(C2CC2)nn1-c1ccccc1)C(Cl)(Cl)Cl. The molecule has 0 spiro atoms. The fourth-order valence-corrected chi connectivity index (χ4v) is 2.16. The van der Waals surface area contributed by atoms with Gasteiger partial charge in [-0.2, -0.15) is 5.10 Å². The quantitative estimate of drug-likeness (QED) is 0.854. The molecule has 110 valence electrons. The van der Waals surface area contributed by atoms with Crippen molar-refractivity contribution in [1.82, 2.24) is 9.78 Å². The van der Waals surface area contributed by atoms with Crippen molar-refractivity contribution >= 4 is 46.5 Å². The Hall–Kier alpha value is -1.23. The number of amides is 1. The zero-order valence-corrected chi connectivity index (χ0v) is 13.2. The van der Waals surface area contributed by atoms with Crippen molar-refractivity contribution in [3.8, 4) is 5.69 Å². The molecule has 1 amide bonds. The molecule has 0 aliphatic heterocycles. The fourth-order valence-electron chi connectivity index (χ4n) is 2.02. The van der Waals surface area contributed by atoms with Gasteiger partial charge in [0.05, 0.1) is 11.4 Å². The van der Waals surface area contributed by atoms with Crippen LogP contribution >= 0.6 is 34.8 Å². The van der Waals surface area contributed by atoms with Gasteiger partial charge in [-0.15, -0.1) is 0 Å². The highest BCUT2D eigenvalue weighted by molar-refractivity contribution is 6.76. The second-order valence-corrected chi connectivity index (χ2v) is 7.21. The van der Waals surface area contributed by atoms with E-state index >= 15 is 0 Å². The van der Waals surface area contributed by atoms with Crippen molar-refractivity contribution in [2.24, 2.45) is 0 Å². The maximum absolute atomic E-state index is 11.9. The molecule has 1 aromatic heterocycles. The van der Waals surface area contributed by atoms with E-state index in [2.05, 4.69) is 10.4 Å². The smallest absolute Gasteiger partial charge is 0.277 e. The lowest BCUT2D eigenvalue weighted by Crippen LogP contribution is -2.28. The fraction of sp³-hybridized carbons (Fsp3) is 0.286. The van der Waals surface area contributed by atoms with E-state index in [0.29, 0.717) is 11.7 Å². The van der Waals surface area contributed by atoms with E-state index in [1.807, 2.05) is 36.4 Å². The first-order chi connectivity index (χ1) is 9.95. The minimum Gasteiger partial charge on any atom is -0.307 e. The Balaban J connectivity index is 1.96.